The molecule has 16 heavy (non-hydrogen) atoms. The highest BCUT2D eigenvalue weighted by Gasteiger charge is 2.08. The maximum atomic E-state index is 5.73. The Labute approximate surface area is 96.3 Å². The summed E-state index contributed by atoms with van der Waals surface area (Å²) in [6.07, 6.45) is 2.16. The Morgan fingerprint density at radius 1 is 1.31 bits per heavy atom. The molecule has 1 aromatic heterocycles. The second kappa shape index (κ2) is 4.66. The zero-order valence-electron chi connectivity index (χ0n) is 10.0. The van der Waals surface area contributed by atoms with Gasteiger partial charge in [-0.3, -0.25) is 0 Å². The van der Waals surface area contributed by atoms with Gasteiger partial charge in [0.15, 0.2) is 0 Å². The van der Waals surface area contributed by atoms with E-state index >= 15 is 0 Å². The minimum Gasteiger partial charge on any atom is -0.327 e. The molecule has 0 saturated heterocycles. The Hall–Kier alpha value is -1.35. The van der Waals surface area contributed by atoms with Crippen LogP contribution in [-0.4, -0.2) is 9.55 Å². The summed E-state index contributed by atoms with van der Waals surface area (Å²) in [5.41, 5.74) is 9.35. The summed E-state index contributed by atoms with van der Waals surface area (Å²) < 4.78 is 2.23. The number of hydrogen-bond donors (Lipinski definition) is 1. The maximum Gasteiger partial charge on any atom is 0.123 e. The molecular weight excluding hydrogens is 198 g/mol. The van der Waals surface area contributed by atoms with Crippen LogP contribution in [0.4, 0.5) is 0 Å². The predicted octanol–water partition coefficient (Wildman–Crippen LogP) is 2.47. The third kappa shape index (κ3) is 1.83. The van der Waals surface area contributed by atoms with Crippen molar-refractivity contribution in [3.63, 3.8) is 0 Å². The summed E-state index contributed by atoms with van der Waals surface area (Å²) in [5.74, 6) is 0.991. The molecule has 1 heterocycles. The maximum absolute atomic E-state index is 5.73. The molecule has 0 aliphatic carbocycles. The van der Waals surface area contributed by atoms with Crippen molar-refractivity contribution in [3.8, 4) is 0 Å². The summed E-state index contributed by atoms with van der Waals surface area (Å²) in [5, 5.41) is 0. The fourth-order valence-electron chi connectivity index (χ4n) is 2.07. The molecule has 2 rings (SSSR count). The van der Waals surface area contributed by atoms with E-state index in [0.717, 1.165) is 30.7 Å². The second-order valence-corrected chi connectivity index (χ2v) is 4.06. The van der Waals surface area contributed by atoms with E-state index in [1.54, 1.807) is 0 Å². The van der Waals surface area contributed by atoms with Gasteiger partial charge < -0.3 is 10.3 Å². The van der Waals surface area contributed by atoms with E-state index in [4.69, 9.17) is 5.73 Å². The molecule has 0 amide bonds. The highest BCUT2D eigenvalue weighted by Crippen LogP contribution is 2.18. The summed E-state index contributed by atoms with van der Waals surface area (Å²) in [7, 11) is 0. The van der Waals surface area contributed by atoms with Crippen LogP contribution in [0.5, 0.6) is 0 Å². The summed E-state index contributed by atoms with van der Waals surface area (Å²) in [6.45, 7) is 5.84. The molecule has 0 bridgehead atoms. The first-order valence-electron chi connectivity index (χ1n) is 5.98. The van der Waals surface area contributed by atoms with Crippen molar-refractivity contribution in [2.45, 2.75) is 39.8 Å². The molecule has 0 spiro atoms. The van der Waals surface area contributed by atoms with Crippen LogP contribution in [0.15, 0.2) is 18.2 Å². The first-order chi connectivity index (χ1) is 7.80. The van der Waals surface area contributed by atoms with Crippen molar-refractivity contribution in [2.24, 2.45) is 5.73 Å². The third-order valence-electron chi connectivity index (χ3n) is 2.93. The zero-order valence-corrected chi connectivity index (χ0v) is 10.0. The Bertz CT molecular complexity index is 485. The number of imidazole rings is 1. The third-order valence-corrected chi connectivity index (χ3v) is 2.93. The van der Waals surface area contributed by atoms with Gasteiger partial charge in [0.25, 0.3) is 0 Å². The molecular formula is C13H19N3. The molecule has 3 heteroatoms. The molecule has 2 N–H and O–H groups in total. The van der Waals surface area contributed by atoms with Crippen molar-refractivity contribution in [1.82, 2.24) is 9.55 Å². The topological polar surface area (TPSA) is 43.8 Å². The number of benzene rings is 1. The van der Waals surface area contributed by atoms with Crippen LogP contribution >= 0.6 is 0 Å². The lowest BCUT2D eigenvalue weighted by atomic mass is 10.1. The molecule has 0 aliphatic rings. The summed E-state index contributed by atoms with van der Waals surface area (Å²) >= 11 is 0. The number of fused-ring (bicyclic) bond motifs is 1. The van der Waals surface area contributed by atoms with E-state index in [1.807, 2.05) is 0 Å². The minimum absolute atomic E-state index is 0.510. The molecule has 0 aliphatic heterocycles. The van der Waals surface area contributed by atoms with Gasteiger partial charge in [-0.05, 0) is 30.5 Å². The molecule has 0 unspecified atom stereocenters. The van der Waals surface area contributed by atoms with Gasteiger partial charge in [-0.2, -0.15) is 0 Å². The smallest absolute Gasteiger partial charge is 0.123 e. The molecule has 3 nitrogen and oxygen atoms in total. The van der Waals surface area contributed by atoms with Crippen LogP contribution in [0.1, 0.15) is 31.7 Å². The zero-order chi connectivity index (χ0) is 11.5. The van der Waals surface area contributed by atoms with Gasteiger partial charge in [-0.1, -0.05) is 19.9 Å². The van der Waals surface area contributed by atoms with Crippen LogP contribution in [-0.2, 0) is 19.5 Å². The summed E-state index contributed by atoms with van der Waals surface area (Å²) in [4.78, 5) is 4.60. The Balaban J connectivity index is 2.58. The van der Waals surface area contributed by atoms with Gasteiger partial charge in [0.1, 0.15) is 5.82 Å². The predicted molar refractivity (Wildman–Crippen MR) is 67.3 cm³/mol. The lowest BCUT2D eigenvalue weighted by Crippen LogP contribution is -2.08. The van der Waals surface area contributed by atoms with E-state index in [-0.39, 0.29) is 0 Å². The van der Waals surface area contributed by atoms with Gasteiger partial charge >= 0.3 is 0 Å². The fraction of sp³-hybridized carbons (Fsp3) is 0.462. The Morgan fingerprint density at radius 2 is 2.12 bits per heavy atom. The number of hydrogen-bond acceptors (Lipinski definition) is 2. The van der Waals surface area contributed by atoms with Crippen molar-refractivity contribution in [2.75, 3.05) is 0 Å². The number of aryl methyl sites for hydroxylation is 2. The molecule has 0 saturated carbocycles. The van der Waals surface area contributed by atoms with E-state index in [1.165, 1.54) is 11.1 Å². The van der Waals surface area contributed by atoms with Gasteiger partial charge in [0.05, 0.1) is 17.6 Å². The lowest BCUT2D eigenvalue weighted by molar-refractivity contribution is 0.655. The van der Waals surface area contributed by atoms with Gasteiger partial charge in [0.2, 0.25) is 0 Å². The molecule has 0 atom stereocenters. The van der Waals surface area contributed by atoms with Crippen molar-refractivity contribution >= 4 is 11.0 Å². The first kappa shape index (κ1) is 11.1. The summed E-state index contributed by atoms with van der Waals surface area (Å²) in [6, 6.07) is 6.51. The highest BCUT2D eigenvalue weighted by molar-refractivity contribution is 5.77. The molecule has 2 aromatic rings. The van der Waals surface area contributed by atoms with E-state index < -0.39 is 0 Å². The van der Waals surface area contributed by atoms with Crippen LogP contribution in [0.3, 0.4) is 0 Å². The van der Waals surface area contributed by atoms with E-state index in [2.05, 4.69) is 41.6 Å². The largest absolute Gasteiger partial charge is 0.327 e. The quantitative estimate of drug-likeness (QED) is 0.855. The molecule has 86 valence electrons. The van der Waals surface area contributed by atoms with Crippen LogP contribution in [0.25, 0.3) is 11.0 Å². The lowest BCUT2D eigenvalue weighted by Gasteiger charge is -2.05. The average molecular weight is 217 g/mol. The number of nitrogens with zero attached hydrogens (tertiary/aromatic N) is 2. The standard InChI is InChI=1S/C13H19N3/c1-3-7-16-12-6-5-10(4-2)8-11(12)15-13(16)9-14/h5-6,8H,3-4,7,9,14H2,1-2H3. The Morgan fingerprint density at radius 3 is 2.75 bits per heavy atom. The van der Waals surface area contributed by atoms with Crippen molar-refractivity contribution < 1.29 is 0 Å². The number of rotatable bonds is 4. The highest BCUT2D eigenvalue weighted by atomic mass is 15.1. The van der Waals surface area contributed by atoms with E-state index in [0.29, 0.717) is 6.54 Å². The van der Waals surface area contributed by atoms with Crippen molar-refractivity contribution in [1.29, 1.82) is 0 Å². The van der Waals surface area contributed by atoms with Gasteiger partial charge in [-0.25, -0.2) is 4.98 Å². The van der Waals surface area contributed by atoms with Crippen LogP contribution in [0.2, 0.25) is 0 Å². The molecule has 1 aromatic carbocycles. The monoisotopic (exact) mass is 217 g/mol. The van der Waals surface area contributed by atoms with Crippen LogP contribution in [0, 0.1) is 0 Å². The fourth-order valence-corrected chi connectivity index (χ4v) is 2.07. The number of aromatic nitrogens is 2. The van der Waals surface area contributed by atoms with E-state index in [9.17, 15) is 0 Å². The van der Waals surface area contributed by atoms with Gasteiger partial charge in [-0.15, -0.1) is 0 Å². The molecule has 0 radical (unpaired) electrons. The van der Waals surface area contributed by atoms with Crippen molar-refractivity contribution in [3.05, 3.63) is 29.6 Å². The molecule has 0 fully saturated rings. The average Bonchev–Trinajstić information content (AvgIpc) is 2.67. The SMILES string of the molecule is CCCn1c(CN)nc2cc(CC)ccc21. The number of nitrogens with two attached hydrogens (primary N) is 1. The second-order valence-electron chi connectivity index (χ2n) is 4.06. The van der Waals surface area contributed by atoms with Gasteiger partial charge in [0, 0.05) is 6.54 Å². The first-order valence-corrected chi connectivity index (χ1v) is 5.98. The Kier molecular flexibility index (Phi) is 3.25. The minimum atomic E-state index is 0.510. The normalized spacial score (nSPS) is 11.2. The van der Waals surface area contributed by atoms with Crippen LogP contribution < -0.4 is 5.73 Å².